The Hall–Kier alpha value is -0.860. The summed E-state index contributed by atoms with van der Waals surface area (Å²) < 4.78 is 0. The molecule has 0 aliphatic carbocycles. The average Bonchev–Trinajstić information content (AvgIpc) is 2.40. The Morgan fingerprint density at radius 1 is 1.21 bits per heavy atom. The first-order valence-corrected chi connectivity index (χ1v) is 5.44. The highest BCUT2D eigenvalue weighted by Crippen LogP contribution is 1.97. The Morgan fingerprint density at radius 3 is 2.21 bits per heavy atom. The second kappa shape index (κ2) is 10.2. The number of hydrogen-bond donors (Lipinski definition) is 0. The predicted molar refractivity (Wildman–Crippen MR) is 62.9 cm³/mol. The van der Waals surface area contributed by atoms with Crippen LogP contribution in [0.4, 0.5) is 0 Å². The SMILES string of the molecule is CC.CC.CC1=NCC(=O)CCN1C. The molecule has 0 amide bonds. The van der Waals surface area contributed by atoms with Crippen LogP contribution in [0.1, 0.15) is 41.0 Å². The zero-order valence-electron chi connectivity index (χ0n) is 10.4. The molecule has 1 heterocycles. The zero-order chi connectivity index (χ0) is 11.6. The van der Waals surface area contributed by atoms with Crippen LogP contribution in [0.5, 0.6) is 0 Å². The molecule has 84 valence electrons. The van der Waals surface area contributed by atoms with Gasteiger partial charge in [0.25, 0.3) is 0 Å². The van der Waals surface area contributed by atoms with Gasteiger partial charge in [-0.05, 0) is 6.92 Å². The largest absolute Gasteiger partial charge is 0.363 e. The molecule has 0 saturated carbocycles. The highest BCUT2D eigenvalue weighted by molar-refractivity contribution is 5.88. The summed E-state index contributed by atoms with van der Waals surface area (Å²) in [5.74, 6) is 1.20. The minimum atomic E-state index is 0.240. The van der Waals surface area contributed by atoms with E-state index in [1.54, 1.807) is 0 Å². The van der Waals surface area contributed by atoms with Crippen LogP contribution in [0, 0.1) is 0 Å². The Balaban J connectivity index is 0. The van der Waals surface area contributed by atoms with Crippen molar-refractivity contribution < 1.29 is 4.79 Å². The molecule has 0 atom stereocenters. The second-order valence-corrected chi connectivity index (χ2v) is 2.57. The third kappa shape index (κ3) is 6.63. The van der Waals surface area contributed by atoms with Gasteiger partial charge in [-0.3, -0.25) is 9.79 Å². The molecule has 0 N–H and O–H groups in total. The van der Waals surface area contributed by atoms with E-state index < -0.39 is 0 Å². The van der Waals surface area contributed by atoms with Crippen LogP contribution in [0.15, 0.2) is 4.99 Å². The Kier molecular flexibility index (Phi) is 11.4. The van der Waals surface area contributed by atoms with Crippen molar-refractivity contribution in [3.05, 3.63) is 0 Å². The Bertz CT molecular complexity index is 176. The number of ketones is 1. The molecular weight excluding hydrogens is 176 g/mol. The third-order valence-corrected chi connectivity index (χ3v) is 1.76. The van der Waals surface area contributed by atoms with Crippen molar-refractivity contribution >= 4 is 11.6 Å². The van der Waals surface area contributed by atoms with E-state index in [1.165, 1.54) is 0 Å². The predicted octanol–water partition coefficient (Wildman–Crippen LogP) is 2.36. The summed E-state index contributed by atoms with van der Waals surface area (Å²) in [6.07, 6.45) is 0.636. The first-order valence-electron chi connectivity index (χ1n) is 5.44. The molecule has 0 aromatic heterocycles. The number of amidine groups is 1. The van der Waals surface area contributed by atoms with Gasteiger partial charge >= 0.3 is 0 Å². The molecule has 1 rings (SSSR count). The van der Waals surface area contributed by atoms with E-state index in [0.717, 1.165) is 12.4 Å². The van der Waals surface area contributed by atoms with Gasteiger partial charge in [-0.25, -0.2) is 0 Å². The van der Waals surface area contributed by atoms with Gasteiger partial charge in [-0.1, -0.05) is 27.7 Å². The topological polar surface area (TPSA) is 32.7 Å². The van der Waals surface area contributed by atoms with Gasteiger partial charge in [0.15, 0.2) is 5.78 Å². The van der Waals surface area contributed by atoms with E-state index >= 15 is 0 Å². The molecule has 0 bridgehead atoms. The summed E-state index contributed by atoms with van der Waals surface area (Å²) in [7, 11) is 1.96. The molecule has 1 aliphatic rings. The summed E-state index contributed by atoms with van der Waals surface area (Å²) in [6, 6.07) is 0. The van der Waals surface area contributed by atoms with Crippen LogP contribution < -0.4 is 0 Å². The lowest BCUT2D eigenvalue weighted by atomic mass is 10.3. The molecular formula is C11H24N2O. The van der Waals surface area contributed by atoms with Gasteiger partial charge in [0.05, 0.1) is 12.4 Å². The van der Waals surface area contributed by atoms with Gasteiger partial charge in [-0.15, -0.1) is 0 Å². The maximum Gasteiger partial charge on any atom is 0.156 e. The number of Topliss-reactive ketones (excluding diaryl/α,β-unsaturated/α-hetero) is 1. The van der Waals surface area contributed by atoms with Gasteiger partial charge < -0.3 is 4.90 Å². The summed E-state index contributed by atoms with van der Waals surface area (Å²) in [5.41, 5.74) is 0. The van der Waals surface area contributed by atoms with Crippen molar-refractivity contribution in [2.45, 2.75) is 41.0 Å². The summed E-state index contributed by atoms with van der Waals surface area (Å²) in [4.78, 5) is 16.9. The van der Waals surface area contributed by atoms with Crippen molar-refractivity contribution in [3.63, 3.8) is 0 Å². The van der Waals surface area contributed by atoms with E-state index in [2.05, 4.69) is 4.99 Å². The Labute approximate surface area is 88.2 Å². The standard InChI is InChI=1S/C7H12N2O.2C2H6/c1-6-8-5-7(10)3-4-9(6)2;2*1-2/h3-5H2,1-2H3;2*1-2H3. The maximum absolute atomic E-state index is 10.8. The molecule has 0 spiro atoms. The van der Waals surface area contributed by atoms with E-state index in [9.17, 15) is 4.79 Å². The third-order valence-electron chi connectivity index (χ3n) is 1.76. The van der Waals surface area contributed by atoms with Crippen LogP contribution in [-0.4, -0.2) is 36.7 Å². The number of rotatable bonds is 0. The first kappa shape index (κ1) is 15.6. The summed E-state index contributed by atoms with van der Waals surface area (Å²) >= 11 is 0. The Morgan fingerprint density at radius 2 is 1.71 bits per heavy atom. The fourth-order valence-electron chi connectivity index (χ4n) is 0.857. The summed E-state index contributed by atoms with van der Waals surface area (Å²) in [6.45, 7) is 11.1. The second-order valence-electron chi connectivity index (χ2n) is 2.57. The lowest BCUT2D eigenvalue weighted by Gasteiger charge is -2.14. The molecule has 0 aromatic carbocycles. The maximum atomic E-state index is 10.8. The van der Waals surface area contributed by atoms with E-state index in [1.807, 2.05) is 46.6 Å². The number of aliphatic imine (C=N–C) groups is 1. The molecule has 14 heavy (non-hydrogen) atoms. The smallest absolute Gasteiger partial charge is 0.156 e. The fraction of sp³-hybridized carbons (Fsp3) is 0.818. The van der Waals surface area contributed by atoms with Gasteiger partial charge in [0, 0.05) is 20.0 Å². The van der Waals surface area contributed by atoms with Gasteiger partial charge in [0.1, 0.15) is 0 Å². The fourth-order valence-corrected chi connectivity index (χ4v) is 0.857. The normalized spacial score (nSPS) is 15.4. The van der Waals surface area contributed by atoms with Crippen LogP contribution >= 0.6 is 0 Å². The monoisotopic (exact) mass is 200 g/mol. The van der Waals surface area contributed by atoms with Crippen LogP contribution in [0.25, 0.3) is 0 Å². The van der Waals surface area contributed by atoms with Crippen molar-refractivity contribution in [1.82, 2.24) is 4.90 Å². The summed E-state index contributed by atoms with van der Waals surface area (Å²) in [5, 5.41) is 0. The van der Waals surface area contributed by atoms with Gasteiger partial charge in [-0.2, -0.15) is 0 Å². The lowest BCUT2D eigenvalue weighted by Crippen LogP contribution is -2.24. The number of hydrogen-bond acceptors (Lipinski definition) is 3. The van der Waals surface area contributed by atoms with E-state index in [4.69, 9.17) is 0 Å². The number of nitrogens with zero attached hydrogens (tertiary/aromatic N) is 2. The quantitative estimate of drug-likeness (QED) is 0.601. The van der Waals surface area contributed by atoms with Crippen molar-refractivity contribution in [1.29, 1.82) is 0 Å². The zero-order valence-corrected chi connectivity index (χ0v) is 10.4. The van der Waals surface area contributed by atoms with Crippen molar-refractivity contribution in [2.24, 2.45) is 4.99 Å². The molecule has 0 aromatic rings. The molecule has 0 saturated heterocycles. The molecule has 0 unspecified atom stereocenters. The minimum absolute atomic E-state index is 0.240. The highest BCUT2D eigenvalue weighted by atomic mass is 16.1. The molecule has 1 aliphatic heterocycles. The van der Waals surface area contributed by atoms with E-state index in [-0.39, 0.29) is 5.78 Å². The van der Waals surface area contributed by atoms with Crippen molar-refractivity contribution in [3.8, 4) is 0 Å². The van der Waals surface area contributed by atoms with Crippen molar-refractivity contribution in [2.75, 3.05) is 20.1 Å². The first-order chi connectivity index (χ1) is 6.70. The van der Waals surface area contributed by atoms with Gasteiger partial charge in [0.2, 0.25) is 0 Å². The van der Waals surface area contributed by atoms with Crippen LogP contribution in [0.2, 0.25) is 0 Å². The minimum Gasteiger partial charge on any atom is -0.363 e. The number of carbonyl (C=O) groups is 1. The molecule has 3 heteroatoms. The highest BCUT2D eigenvalue weighted by Gasteiger charge is 2.09. The molecule has 0 fully saturated rings. The number of carbonyl (C=O) groups excluding carboxylic acids is 1. The lowest BCUT2D eigenvalue weighted by molar-refractivity contribution is -0.117. The average molecular weight is 200 g/mol. The molecule has 0 radical (unpaired) electrons. The van der Waals surface area contributed by atoms with Crippen LogP contribution in [-0.2, 0) is 4.79 Å². The van der Waals surface area contributed by atoms with E-state index in [0.29, 0.717) is 13.0 Å². The molecule has 3 nitrogen and oxygen atoms in total. The van der Waals surface area contributed by atoms with Crippen LogP contribution in [0.3, 0.4) is 0 Å².